The van der Waals surface area contributed by atoms with Gasteiger partial charge in [0.25, 0.3) is 0 Å². The van der Waals surface area contributed by atoms with E-state index in [1.165, 1.54) is 6.42 Å². The molecule has 0 aliphatic heterocycles. The molecular weight excluding hydrogens is 323 g/mol. The largest absolute Gasteiger partial charge is 0.492 e. The summed E-state index contributed by atoms with van der Waals surface area (Å²) in [6.45, 7) is 4.77. The van der Waals surface area contributed by atoms with Gasteiger partial charge in [-0.3, -0.25) is 0 Å². The number of alkyl halides is 1. The Hall–Kier alpha value is 0.0800. The Morgan fingerprint density at radius 1 is 1.41 bits per heavy atom. The molecule has 1 saturated carbocycles. The molecule has 3 unspecified atom stereocenters. The molecule has 1 fully saturated rings. The summed E-state index contributed by atoms with van der Waals surface area (Å²) in [4.78, 5) is 0.290. The fourth-order valence-corrected chi connectivity index (χ4v) is 3.76. The first-order valence-corrected chi connectivity index (χ1v) is 7.47. The van der Waals surface area contributed by atoms with Crippen molar-refractivity contribution in [2.45, 2.75) is 25.1 Å². The third kappa shape index (κ3) is 2.91. The second kappa shape index (κ2) is 5.38. The van der Waals surface area contributed by atoms with Crippen LogP contribution in [0.2, 0.25) is 10.0 Å². The van der Waals surface area contributed by atoms with Gasteiger partial charge in [-0.1, -0.05) is 46.1 Å². The Balaban J connectivity index is 2.26. The minimum Gasteiger partial charge on any atom is -0.492 e. The van der Waals surface area contributed by atoms with Gasteiger partial charge >= 0.3 is 0 Å². The SMILES string of the molecule is CCOc1cc(Cl)c(C(Br)C2CC2C)cc1Cl. The number of rotatable bonds is 4. The zero-order valence-corrected chi connectivity index (χ0v) is 12.9. The third-order valence-electron chi connectivity index (χ3n) is 3.20. The number of hydrogen-bond acceptors (Lipinski definition) is 1. The van der Waals surface area contributed by atoms with Crippen LogP contribution in [0.4, 0.5) is 0 Å². The highest BCUT2D eigenvalue weighted by atomic mass is 79.9. The van der Waals surface area contributed by atoms with Crippen molar-refractivity contribution in [3.63, 3.8) is 0 Å². The molecule has 1 aromatic carbocycles. The monoisotopic (exact) mass is 336 g/mol. The van der Waals surface area contributed by atoms with Crippen molar-refractivity contribution in [3.8, 4) is 5.75 Å². The van der Waals surface area contributed by atoms with Crippen molar-refractivity contribution in [2.24, 2.45) is 11.8 Å². The second-order valence-corrected chi connectivity index (χ2v) is 6.32. The Bertz CT molecular complexity index is 422. The summed E-state index contributed by atoms with van der Waals surface area (Å²) in [5.41, 5.74) is 1.06. The van der Waals surface area contributed by atoms with Crippen LogP contribution >= 0.6 is 39.1 Å². The maximum absolute atomic E-state index is 6.28. The molecule has 17 heavy (non-hydrogen) atoms. The van der Waals surface area contributed by atoms with Gasteiger partial charge in [0.05, 0.1) is 11.6 Å². The molecular formula is C13H15BrCl2O. The maximum Gasteiger partial charge on any atom is 0.139 e. The lowest BCUT2D eigenvalue weighted by Crippen LogP contribution is -1.98. The van der Waals surface area contributed by atoms with Crippen LogP contribution in [0, 0.1) is 11.8 Å². The average molecular weight is 338 g/mol. The van der Waals surface area contributed by atoms with Crippen LogP contribution in [-0.4, -0.2) is 6.61 Å². The van der Waals surface area contributed by atoms with E-state index in [0.717, 1.165) is 16.5 Å². The Labute approximate surface area is 121 Å². The van der Waals surface area contributed by atoms with Crippen LogP contribution in [0.25, 0.3) is 0 Å². The van der Waals surface area contributed by atoms with Crippen molar-refractivity contribution in [2.75, 3.05) is 6.61 Å². The molecule has 94 valence electrons. The quantitative estimate of drug-likeness (QED) is 0.660. The molecule has 1 aromatic rings. The molecule has 0 aromatic heterocycles. The summed E-state index contributed by atoms with van der Waals surface area (Å²) in [7, 11) is 0. The summed E-state index contributed by atoms with van der Waals surface area (Å²) in [5, 5.41) is 1.35. The van der Waals surface area contributed by atoms with Crippen LogP contribution in [0.1, 0.15) is 30.7 Å². The minimum atomic E-state index is 0.290. The van der Waals surface area contributed by atoms with Crippen LogP contribution < -0.4 is 4.74 Å². The Kier molecular flexibility index (Phi) is 4.27. The summed E-state index contributed by atoms with van der Waals surface area (Å²) < 4.78 is 5.42. The van der Waals surface area contributed by atoms with E-state index in [2.05, 4.69) is 22.9 Å². The first kappa shape index (κ1) is 13.5. The molecule has 3 atom stereocenters. The van der Waals surface area contributed by atoms with Crippen molar-refractivity contribution in [1.82, 2.24) is 0 Å². The first-order valence-electron chi connectivity index (χ1n) is 5.80. The third-order valence-corrected chi connectivity index (χ3v) is 4.99. The molecule has 1 aliphatic rings. The van der Waals surface area contributed by atoms with Crippen molar-refractivity contribution in [1.29, 1.82) is 0 Å². The number of hydrogen-bond donors (Lipinski definition) is 0. The average Bonchev–Trinajstić information content (AvgIpc) is 3.00. The maximum atomic E-state index is 6.28. The van der Waals surface area contributed by atoms with Gasteiger partial charge in [-0.2, -0.15) is 0 Å². The molecule has 1 aliphatic carbocycles. The summed E-state index contributed by atoms with van der Waals surface area (Å²) in [5.74, 6) is 2.09. The highest BCUT2D eigenvalue weighted by molar-refractivity contribution is 9.09. The smallest absolute Gasteiger partial charge is 0.139 e. The van der Waals surface area contributed by atoms with Gasteiger partial charge < -0.3 is 4.74 Å². The van der Waals surface area contributed by atoms with Gasteiger partial charge in [0.15, 0.2) is 0 Å². The van der Waals surface area contributed by atoms with Gasteiger partial charge in [-0.15, -0.1) is 0 Å². The van der Waals surface area contributed by atoms with Crippen LogP contribution in [0.5, 0.6) is 5.75 Å². The predicted molar refractivity (Wildman–Crippen MR) is 76.6 cm³/mol. The zero-order valence-electron chi connectivity index (χ0n) is 9.84. The minimum absolute atomic E-state index is 0.290. The van der Waals surface area contributed by atoms with Crippen LogP contribution in [0.3, 0.4) is 0 Å². The molecule has 0 saturated heterocycles. The molecule has 0 heterocycles. The fourth-order valence-electron chi connectivity index (χ4n) is 2.01. The van der Waals surface area contributed by atoms with Gasteiger partial charge in [0.1, 0.15) is 5.75 Å². The molecule has 0 N–H and O–H groups in total. The summed E-state index contributed by atoms with van der Waals surface area (Å²) >= 11 is 16.2. The van der Waals surface area contributed by atoms with E-state index >= 15 is 0 Å². The van der Waals surface area contributed by atoms with Crippen molar-refractivity contribution >= 4 is 39.1 Å². The predicted octanol–water partition coefficient (Wildman–Crippen LogP) is 5.48. The van der Waals surface area contributed by atoms with Crippen LogP contribution in [-0.2, 0) is 0 Å². The first-order chi connectivity index (χ1) is 8.04. The standard InChI is InChI=1S/C13H15BrCl2O/c1-3-17-12-6-10(15)9(5-11(12)16)13(14)8-4-7(8)2/h5-8,13H,3-4H2,1-2H3. The molecule has 0 amide bonds. The van der Waals surface area contributed by atoms with Gasteiger partial charge in [0.2, 0.25) is 0 Å². The lowest BCUT2D eigenvalue weighted by molar-refractivity contribution is 0.340. The van der Waals surface area contributed by atoms with E-state index < -0.39 is 0 Å². The molecule has 4 heteroatoms. The van der Waals surface area contributed by atoms with Gasteiger partial charge in [-0.25, -0.2) is 0 Å². The molecule has 0 spiro atoms. The van der Waals surface area contributed by atoms with E-state index in [0.29, 0.717) is 23.3 Å². The number of halogens is 3. The van der Waals surface area contributed by atoms with E-state index in [9.17, 15) is 0 Å². The lowest BCUT2D eigenvalue weighted by Gasteiger charge is -2.14. The Morgan fingerprint density at radius 2 is 2.06 bits per heavy atom. The topological polar surface area (TPSA) is 9.23 Å². The number of benzene rings is 1. The summed E-state index contributed by atoms with van der Waals surface area (Å²) in [6, 6.07) is 3.73. The fraction of sp³-hybridized carbons (Fsp3) is 0.538. The molecule has 0 radical (unpaired) electrons. The highest BCUT2D eigenvalue weighted by Gasteiger charge is 2.39. The van der Waals surface area contributed by atoms with Crippen molar-refractivity contribution in [3.05, 3.63) is 27.7 Å². The molecule has 1 nitrogen and oxygen atoms in total. The number of ether oxygens (including phenoxy) is 1. The van der Waals surface area contributed by atoms with Crippen LogP contribution in [0.15, 0.2) is 12.1 Å². The zero-order chi connectivity index (χ0) is 12.6. The van der Waals surface area contributed by atoms with E-state index in [4.69, 9.17) is 27.9 Å². The van der Waals surface area contributed by atoms with E-state index in [1.54, 1.807) is 0 Å². The highest BCUT2D eigenvalue weighted by Crippen LogP contribution is 2.53. The lowest BCUT2D eigenvalue weighted by atomic mass is 10.1. The summed E-state index contributed by atoms with van der Waals surface area (Å²) in [6.07, 6.45) is 1.25. The molecule has 2 rings (SSSR count). The van der Waals surface area contributed by atoms with Gasteiger partial charge in [0, 0.05) is 15.9 Å². The van der Waals surface area contributed by atoms with Gasteiger partial charge in [-0.05, 0) is 36.8 Å². The Morgan fingerprint density at radius 3 is 2.59 bits per heavy atom. The van der Waals surface area contributed by atoms with Crippen molar-refractivity contribution < 1.29 is 4.74 Å². The second-order valence-electron chi connectivity index (χ2n) is 4.52. The molecule has 0 bridgehead atoms. The van der Waals surface area contributed by atoms with E-state index in [-0.39, 0.29) is 4.83 Å². The van der Waals surface area contributed by atoms with E-state index in [1.807, 2.05) is 19.1 Å². The normalized spacial score (nSPS) is 24.5.